The van der Waals surface area contributed by atoms with Crippen molar-refractivity contribution in [3.63, 3.8) is 0 Å². The summed E-state index contributed by atoms with van der Waals surface area (Å²) in [5.74, 6) is 0.00927. The largest absolute Gasteiger partial charge is 0.363 e. The normalized spacial score (nSPS) is 20.7. The Hall–Kier alpha value is -2.25. The Kier molecular flexibility index (Phi) is 4.50. The van der Waals surface area contributed by atoms with Crippen LogP contribution in [0, 0.1) is 6.92 Å². The van der Waals surface area contributed by atoms with Crippen LogP contribution < -0.4 is 4.90 Å². The maximum atomic E-state index is 12.3. The number of piperidine rings is 1. The van der Waals surface area contributed by atoms with Gasteiger partial charge in [0.1, 0.15) is 6.61 Å². The lowest BCUT2D eigenvalue weighted by Gasteiger charge is -2.46. The van der Waals surface area contributed by atoms with E-state index in [0.717, 1.165) is 49.6 Å². The third-order valence-corrected chi connectivity index (χ3v) is 5.35. The number of nitrogens with zero attached hydrogens (tertiary/aromatic N) is 5. The number of likely N-dealkylation sites (tertiary alicyclic amines) is 1. The summed E-state index contributed by atoms with van der Waals surface area (Å²) in [4.78, 5) is 21.2. The summed E-state index contributed by atoms with van der Waals surface area (Å²) in [5, 5.41) is 4.19. The van der Waals surface area contributed by atoms with Gasteiger partial charge in [-0.3, -0.25) is 19.4 Å². The minimum atomic E-state index is -0.250. The number of aryl methyl sites for hydroxylation is 2. The van der Waals surface area contributed by atoms with Gasteiger partial charge in [0.15, 0.2) is 0 Å². The van der Waals surface area contributed by atoms with E-state index in [1.54, 1.807) is 10.9 Å². The third-order valence-electron chi connectivity index (χ3n) is 5.35. The number of morpholine rings is 1. The highest BCUT2D eigenvalue weighted by molar-refractivity contribution is 5.94. The molecule has 7 nitrogen and oxygen atoms in total. The van der Waals surface area contributed by atoms with E-state index >= 15 is 0 Å². The summed E-state index contributed by atoms with van der Waals surface area (Å²) < 4.78 is 7.76. The number of carbonyl (C=O) groups excluding carboxylic acids is 1. The van der Waals surface area contributed by atoms with Gasteiger partial charge in [-0.05, 0) is 31.9 Å². The molecule has 0 atom stereocenters. The van der Waals surface area contributed by atoms with Crippen LogP contribution in [0.15, 0.2) is 30.6 Å². The summed E-state index contributed by atoms with van der Waals surface area (Å²) in [6, 6.07) is 6.16. The molecule has 2 aromatic rings. The van der Waals surface area contributed by atoms with Crippen LogP contribution in [-0.2, 0) is 23.1 Å². The fraction of sp³-hybridized carbons (Fsp3) is 0.526. The molecule has 2 aromatic heterocycles. The topological polar surface area (TPSA) is 63.5 Å². The van der Waals surface area contributed by atoms with Crippen LogP contribution in [0.25, 0.3) is 0 Å². The first-order valence-electron chi connectivity index (χ1n) is 9.11. The van der Waals surface area contributed by atoms with E-state index in [0.29, 0.717) is 6.54 Å². The highest BCUT2D eigenvalue weighted by Gasteiger charge is 2.42. The van der Waals surface area contributed by atoms with Crippen LogP contribution in [0.4, 0.5) is 5.69 Å². The maximum Gasteiger partial charge on any atom is 0.253 e. The number of aromatic nitrogens is 3. The molecule has 0 unspecified atom stereocenters. The molecular weight excluding hydrogens is 330 g/mol. The zero-order valence-corrected chi connectivity index (χ0v) is 15.4. The molecule has 2 saturated heterocycles. The van der Waals surface area contributed by atoms with Crippen LogP contribution in [0.2, 0.25) is 0 Å². The van der Waals surface area contributed by atoms with Crippen LogP contribution in [-0.4, -0.2) is 57.4 Å². The minimum Gasteiger partial charge on any atom is -0.363 e. The Morgan fingerprint density at radius 2 is 2.08 bits per heavy atom. The lowest BCUT2D eigenvalue weighted by molar-refractivity contribution is -0.145. The molecule has 0 N–H and O–H groups in total. The molecule has 0 radical (unpaired) electrons. The molecule has 2 fully saturated rings. The van der Waals surface area contributed by atoms with E-state index < -0.39 is 0 Å². The Bertz CT molecular complexity index is 795. The molecule has 2 aliphatic heterocycles. The molecule has 4 rings (SSSR count). The molecule has 0 bridgehead atoms. The van der Waals surface area contributed by atoms with Crippen molar-refractivity contribution in [2.24, 2.45) is 7.05 Å². The molecule has 2 aliphatic rings. The van der Waals surface area contributed by atoms with Gasteiger partial charge in [0, 0.05) is 38.6 Å². The number of hydrogen-bond donors (Lipinski definition) is 0. The lowest BCUT2D eigenvalue weighted by atomic mass is 9.89. The van der Waals surface area contributed by atoms with Crippen molar-refractivity contribution in [3.8, 4) is 0 Å². The second-order valence-corrected chi connectivity index (χ2v) is 7.37. The van der Waals surface area contributed by atoms with E-state index in [2.05, 4.69) is 27.1 Å². The number of pyridine rings is 1. The minimum absolute atomic E-state index is 0.00927. The van der Waals surface area contributed by atoms with Crippen molar-refractivity contribution in [1.82, 2.24) is 19.7 Å². The van der Waals surface area contributed by atoms with E-state index in [4.69, 9.17) is 4.74 Å². The first-order chi connectivity index (χ1) is 12.5. The smallest absolute Gasteiger partial charge is 0.253 e. The van der Waals surface area contributed by atoms with Gasteiger partial charge >= 0.3 is 0 Å². The molecule has 1 amide bonds. The predicted molar refractivity (Wildman–Crippen MR) is 97.7 cm³/mol. The number of hydrogen-bond acceptors (Lipinski definition) is 5. The van der Waals surface area contributed by atoms with Crippen LogP contribution in [0.1, 0.15) is 24.2 Å². The molecule has 0 aromatic carbocycles. The summed E-state index contributed by atoms with van der Waals surface area (Å²) >= 11 is 0. The molecule has 4 heterocycles. The molecule has 1 spiro atoms. The Balaban J connectivity index is 1.40. The Morgan fingerprint density at radius 1 is 1.27 bits per heavy atom. The van der Waals surface area contributed by atoms with Crippen molar-refractivity contribution >= 4 is 11.6 Å². The van der Waals surface area contributed by atoms with E-state index in [-0.39, 0.29) is 18.1 Å². The van der Waals surface area contributed by atoms with Gasteiger partial charge in [-0.25, -0.2) is 0 Å². The molecule has 7 heteroatoms. The summed E-state index contributed by atoms with van der Waals surface area (Å²) in [6.07, 6.45) is 5.47. The molecular formula is C19H25N5O2. The van der Waals surface area contributed by atoms with Crippen LogP contribution >= 0.6 is 0 Å². The SMILES string of the molecule is Cc1cccc(CN2CCC3(CC2)CN(c2cnn(C)c2)C(=O)CO3)n1. The van der Waals surface area contributed by atoms with E-state index in [9.17, 15) is 4.79 Å². The van der Waals surface area contributed by atoms with Crippen LogP contribution in [0.3, 0.4) is 0 Å². The Morgan fingerprint density at radius 3 is 2.77 bits per heavy atom. The monoisotopic (exact) mass is 355 g/mol. The average Bonchev–Trinajstić information content (AvgIpc) is 3.06. The fourth-order valence-electron chi connectivity index (χ4n) is 3.84. The quantitative estimate of drug-likeness (QED) is 0.835. The van der Waals surface area contributed by atoms with Gasteiger partial charge in [0.25, 0.3) is 5.91 Å². The molecule has 26 heavy (non-hydrogen) atoms. The number of carbonyl (C=O) groups is 1. The molecule has 138 valence electrons. The summed E-state index contributed by atoms with van der Waals surface area (Å²) in [5.41, 5.74) is 2.77. The summed E-state index contributed by atoms with van der Waals surface area (Å²) in [7, 11) is 1.86. The maximum absolute atomic E-state index is 12.3. The van der Waals surface area contributed by atoms with Crippen molar-refractivity contribution in [2.45, 2.75) is 31.9 Å². The average molecular weight is 355 g/mol. The van der Waals surface area contributed by atoms with Gasteiger partial charge in [-0.15, -0.1) is 0 Å². The van der Waals surface area contributed by atoms with Gasteiger partial charge in [-0.2, -0.15) is 5.10 Å². The van der Waals surface area contributed by atoms with Gasteiger partial charge < -0.3 is 9.64 Å². The predicted octanol–water partition coefficient (Wildman–Crippen LogP) is 1.52. The van der Waals surface area contributed by atoms with Crippen molar-refractivity contribution < 1.29 is 9.53 Å². The van der Waals surface area contributed by atoms with Crippen molar-refractivity contribution in [3.05, 3.63) is 42.0 Å². The second-order valence-electron chi connectivity index (χ2n) is 7.37. The van der Waals surface area contributed by atoms with Crippen molar-refractivity contribution in [1.29, 1.82) is 0 Å². The number of amides is 1. The number of ether oxygens (including phenoxy) is 1. The third kappa shape index (κ3) is 3.50. The lowest BCUT2D eigenvalue weighted by Crippen LogP contribution is -2.58. The zero-order valence-electron chi connectivity index (χ0n) is 15.4. The van der Waals surface area contributed by atoms with Crippen LogP contribution in [0.5, 0.6) is 0 Å². The molecule has 0 aliphatic carbocycles. The fourth-order valence-corrected chi connectivity index (χ4v) is 3.84. The number of anilines is 1. The van der Waals surface area contributed by atoms with E-state index in [1.165, 1.54) is 0 Å². The first kappa shape index (κ1) is 17.2. The van der Waals surface area contributed by atoms with E-state index in [1.807, 2.05) is 31.1 Å². The highest BCUT2D eigenvalue weighted by Crippen LogP contribution is 2.33. The Labute approximate surface area is 153 Å². The summed E-state index contributed by atoms with van der Waals surface area (Å²) in [6.45, 7) is 5.54. The number of rotatable bonds is 3. The van der Waals surface area contributed by atoms with Gasteiger partial charge in [0.05, 0.1) is 29.7 Å². The second kappa shape index (κ2) is 6.81. The van der Waals surface area contributed by atoms with Gasteiger partial charge in [0.2, 0.25) is 0 Å². The zero-order chi connectivity index (χ0) is 18.1. The van der Waals surface area contributed by atoms with Crippen molar-refractivity contribution in [2.75, 3.05) is 31.1 Å². The molecule has 0 saturated carbocycles. The highest BCUT2D eigenvalue weighted by atomic mass is 16.5. The standard InChI is InChI=1S/C19H25N5O2/c1-15-4-3-5-16(21-15)11-23-8-6-19(7-9-23)14-24(18(25)13-26-19)17-10-20-22(2)12-17/h3-5,10,12H,6-9,11,13-14H2,1-2H3. The van der Waals surface area contributed by atoms with Gasteiger partial charge in [-0.1, -0.05) is 6.07 Å². The first-order valence-corrected chi connectivity index (χ1v) is 9.11.